The molecular weight excluding hydrogens is 394 g/mol. The fourth-order valence-electron chi connectivity index (χ4n) is 3.26. The number of anilines is 1. The molecule has 2 N–H and O–H groups in total. The van der Waals surface area contributed by atoms with E-state index in [1.807, 2.05) is 29.2 Å². The summed E-state index contributed by atoms with van der Waals surface area (Å²) in [7, 11) is 0. The SMILES string of the molecule is Cl.O=C(Nc1ccc(Br)cc1)C1CCN(C(=O)C2CCCN2)CC1. The average Bonchev–Trinajstić information content (AvgIpc) is 3.11. The highest BCUT2D eigenvalue weighted by atomic mass is 79.9. The molecule has 2 saturated heterocycles. The van der Waals surface area contributed by atoms with Crippen LogP contribution in [0.25, 0.3) is 0 Å². The summed E-state index contributed by atoms with van der Waals surface area (Å²) in [5, 5.41) is 6.21. The van der Waals surface area contributed by atoms with Crippen molar-refractivity contribution in [1.29, 1.82) is 0 Å². The Morgan fingerprint density at radius 2 is 1.79 bits per heavy atom. The van der Waals surface area contributed by atoms with Gasteiger partial charge in [-0.2, -0.15) is 0 Å². The van der Waals surface area contributed by atoms with Crippen molar-refractivity contribution in [3.63, 3.8) is 0 Å². The molecule has 1 aromatic carbocycles. The first-order valence-corrected chi connectivity index (χ1v) is 9.01. The van der Waals surface area contributed by atoms with Crippen LogP contribution in [0.15, 0.2) is 28.7 Å². The molecule has 0 radical (unpaired) electrons. The van der Waals surface area contributed by atoms with Crippen molar-refractivity contribution in [2.75, 3.05) is 25.0 Å². The molecule has 5 nitrogen and oxygen atoms in total. The first kappa shape index (κ1) is 19.2. The minimum absolute atomic E-state index is 0. The third-order valence-electron chi connectivity index (χ3n) is 4.65. The quantitative estimate of drug-likeness (QED) is 0.796. The Bertz CT molecular complexity index is 568. The Labute approximate surface area is 157 Å². The van der Waals surface area contributed by atoms with Crippen LogP contribution in [0.3, 0.4) is 0 Å². The summed E-state index contributed by atoms with van der Waals surface area (Å²) in [6.07, 6.45) is 3.48. The maximum absolute atomic E-state index is 12.4. The monoisotopic (exact) mass is 415 g/mol. The number of rotatable bonds is 3. The zero-order valence-corrected chi connectivity index (χ0v) is 15.9. The summed E-state index contributed by atoms with van der Waals surface area (Å²) in [5.41, 5.74) is 0.812. The topological polar surface area (TPSA) is 61.4 Å². The van der Waals surface area contributed by atoms with Gasteiger partial charge in [0.2, 0.25) is 11.8 Å². The summed E-state index contributed by atoms with van der Waals surface area (Å²) in [6.45, 7) is 2.29. The second-order valence-corrected chi connectivity index (χ2v) is 7.16. The van der Waals surface area contributed by atoms with Crippen LogP contribution in [-0.2, 0) is 9.59 Å². The number of piperidine rings is 1. The Kier molecular flexibility index (Phi) is 7.07. The molecule has 2 fully saturated rings. The molecule has 0 bridgehead atoms. The molecule has 24 heavy (non-hydrogen) atoms. The lowest BCUT2D eigenvalue weighted by atomic mass is 9.95. The second-order valence-electron chi connectivity index (χ2n) is 6.24. The molecule has 2 aliphatic rings. The summed E-state index contributed by atoms with van der Waals surface area (Å²) < 4.78 is 0.989. The highest BCUT2D eigenvalue weighted by molar-refractivity contribution is 9.10. The maximum Gasteiger partial charge on any atom is 0.239 e. The number of nitrogens with one attached hydrogen (secondary N) is 2. The normalized spacial score (nSPS) is 21.2. The molecule has 0 spiro atoms. The van der Waals surface area contributed by atoms with Crippen LogP contribution in [-0.4, -0.2) is 42.4 Å². The Morgan fingerprint density at radius 1 is 1.12 bits per heavy atom. The molecule has 0 saturated carbocycles. The third-order valence-corrected chi connectivity index (χ3v) is 5.18. The van der Waals surface area contributed by atoms with E-state index in [9.17, 15) is 9.59 Å². The molecule has 0 aromatic heterocycles. The number of likely N-dealkylation sites (tertiary alicyclic amines) is 1. The van der Waals surface area contributed by atoms with Gasteiger partial charge in [0.1, 0.15) is 0 Å². The van der Waals surface area contributed by atoms with Gasteiger partial charge in [0.05, 0.1) is 6.04 Å². The van der Waals surface area contributed by atoms with Crippen molar-refractivity contribution >= 4 is 45.8 Å². The molecule has 1 atom stereocenters. The van der Waals surface area contributed by atoms with Crippen molar-refractivity contribution in [1.82, 2.24) is 10.2 Å². The first-order valence-electron chi connectivity index (χ1n) is 8.22. The van der Waals surface area contributed by atoms with E-state index in [2.05, 4.69) is 26.6 Å². The van der Waals surface area contributed by atoms with Gasteiger partial charge >= 0.3 is 0 Å². The average molecular weight is 417 g/mol. The predicted molar refractivity (Wildman–Crippen MR) is 100 cm³/mol. The lowest BCUT2D eigenvalue weighted by molar-refractivity contribution is -0.136. The minimum atomic E-state index is -0.0146. The largest absolute Gasteiger partial charge is 0.341 e. The van der Waals surface area contributed by atoms with Gasteiger partial charge in [0.15, 0.2) is 0 Å². The second kappa shape index (κ2) is 8.83. The standard InChI is InChI=1S/C17H22BrN3O2.ClH/c18-13-3-5-14(6-4-13)20-16(22)12-7-10-21(11-8-12)17(23)15-2-1-9-19-15;/h3-6,12,15,19H,1-2,7-11H2,(H,20,22);1H. The fourth-order valence-corrected chi connectivity index (χ4v) is 3.52. The summed E-state index contributed by atoms with van der Waals surface area (Å²) in [4.78, 5) is 26.6. The number of halogens is 2. The van der Waals surface area contributed by atoms with Gasteiger partial charge in [-0.3, -0.25) is 9.59 Å². The van der Waals surface area contributed by atoms with Gasteiger partial charge in [-0.1, -0.05) is 15.9 Å². The molecule has 0 aliphatic carbocycles. The summed E-state index contributed by atoms with van der Waals surface area (Å²) >= 11 is 3.38. The first-order chi connectivity index (χ1) is 11.1. The van der Waals surface area contributed by atoms with Gasteiger partial charge in [-0.05, 0) is 56.5 Å². The van der Waals surface area contributed by atoms with Gasteiger partial charge in [-0.25, -0.2) is 0 Å². The van der Waals surface area contributed by atoms with Crippen LogP contribution < -0.4 is 10.6 Å². The molecule has 2 heterocycles. The van der Waals surface area contributed by atoms with E-state index < -0.39 is 0 Å². The van der Waals surface area contributed by atoms with Gasteiger partial charge < -0.3 is 15.5 Å². The Morgan fingerprint density at radius 3 is 2.38 bits per heavy atom. The number of carbonyl (C=O) groups excluding carboxylic acids is 2. The molecular formula is C17H23BrClN3O2. The predicted octanol–water partition coefficient (Wildman–Crippen LogP) is 2.80. The van der Waals surface area contributed by atoms with Crippen LogP contribution >= 0.6 is 28.3 Å². The summed E-state index contributed by atoms with van der Waals surface area (Å²) in [5.74, 6) is 0.243. The van der Waals surface area contributed by atoms with E-state index in [1.165, 1.54) is 0 Å². The molecule has 132 valence electrons. The van der Waals surface area contributed by atoms with Crippen molar-refractivity contribution in [3.8, 4) is 0 Å². The maximum atomic E-state index is 12.4. The highest BCUT2D eigenvalue weighted by Gasteiger charge is 2.31. The Hall–Kier alpha value is -1.11. The number of carbonyl (C=O) groups is 2. The van der Waals surface area contributed by atoms with Crippen molar-refractivity contribution in [3.05, 3.63) is 28.7 Å². The van der Waals surface area contributed by atoms with E-state index in [0.29, 0.717) is 13.1 Å². The summed E-state index contributed by atoms with van der Waals surface area (Å²) in [6, 6.07) is 7.57. The van der Waals surface area contributed by atoms with Crippen LogP contribution in [0, 0.1) is 5.92 Å². The number of hydrogen-bond donors (Lipinski definition) is 2. The van der Waals surface area contributed by atoms with Crippen LogP contribution in [0.4, 0.5) is 5.69 Å². The van der Waals surface area contributed by atoms with Crippen LogP contribution in [0.5, 0.6) is 0 Å². The van der Waals surface area contributed by atoms with E-state index >= 15 is 0 Å². The van der Waals surface area contributed by atoms with Crippen LogP contribution in [0.2, 0.25) is 0 Å². The molecule has 2 aliphatic heterocycles. The molecule has 7 heteroatoms. The van der Waals surface area contributed by atoms with Gasteiger partial charge in [0, 0.05) is 29.2 Å². The van der Waals surface area contributed by atoms with Crippen LogP contribution in [0.1, 0.15) is 25.7 Å². The van der Waals surface area contributed by atoms with Gasteiger partial charge in [0.25, 0.3) is 0 Å². The van der Waals surface area contributed by atoms with E-state index in [4.69, 9.17) is 0 Å². The number of nitrogens with zero attached hydrogens (tertiary/aromatic N) is 1. The van der Waals surface area contributed by atoms with Gasteiger partial charge in [-0.15, -0.1) is 12.4 Å². The fraction of sp³-hybridized carbons (Fsp3) is 0.529. The van der Waals surface area contributed by atoms with E-state index in [-0.39, 0.29) is 36.2 Å². The lowest BCUT2D eigenvalue weighted by Gasteiger charge is -2.33. The van der Waals surface area contributed by atoms with Crippen molar-refractivity contribution in [2.24, 2.45) is 5.92 Å². The lowest BCUT2D eigenvalue weighted by Crippen LogP contribution is -2.48. The number of benzene rings is 1. The van der Waals surface area contributed by atoms with Crippen molar-refractivity contribution in [2.45, 2.75) is 31.7 Å². The van der Waals surface area contributed by atoms with E-state index in [0.717, 1.165) is 42.4 Å². The molecule has 1 aromatic rings. The minimum Gasteiger partial charge on any atom is -0.341 e. The zero-order chi connectivity index (χ0) is 16.2. The third kappa shape index (κ3) is 4.71. The molecule has 1 unspecified atom stereocenters. The smallest absolute Gasteiger partial charge is 0.239 e. The molecule has 3 rings (SSSR count). The van der Waals surface area contributed by atoms with Crippen molar-refractivity contribution < 1.29 is 9.59 Å². The number of amides is 2. The zero-order valence-electron chi connectivity index (χ0n) is 13.5. The number of hydrogen-bond acceptors (Lipinski definition) is 3. The highest BCUT2D eigenvalue weighted by Crippen LogP contribution is 2.22. The van der Waals surface area contributed by atoms with E-state index in [1.54, 1.807) is 0 Å². The Balaban J connectivity index is 0.00000208. The molecule has 2 amide bonds.